The molecule has 1 atom stereocenters. The van der Waals surface area contributed by atoms with Crippen molar-refractivity contribution in [3.8, 4) is 0 Å². The van der Waals surface area contributed by atoms with Crippen LogP contribution in [0.2, 0.25) is 0 Å². The number of fused-ring (bicyclic) bond motifs is 1. The Bertz CT molecular complexity index is 1120. The molecule has 4 N–H and O–H groups in total. The predicted molar refractivity (Wildman–Crippen MR) is 103 cm³/mol. The number of aromatic nitrogens is 2. The number of aryl methyl sites for hydroxylation is 2. The minimum absolute atomic E-state index is 0.174. The fourth-order valence-electron chi connectivity index (χ4n) is 2.67. The van der Waals surface area contributed by atoms with Crippen molar-refractivity contribution in [3.05, 3.63) is 46.0 Å². The number of sulfone groups is 1. The number of nitrogen functional groups attached to an aromatic ring is 1. The van der Waals surface area contributed by atoms with E-state index in [1.807, 2.05) is 13.8 Å². The molecule has 3 rings (SSSR count). The Labute approximate surface area is 164 Å². The highest BCUT2D eigenvalue weighted by atomic mass is 32.2. The van der Waals surface area contributed by atoms with Crippen molar-refractivity contribution < 1.29 is 22.3 Å². The van der Waals surface area contributed by atoms with Crippen LogP contribution in [0.15, 0.2) is 29.2 Å². The van der Waals surface area contributed by atoms with Crippen LogP contribution in [-0.2, 0) is 16.4 Å². The van der Waals surface area contributed by atoms with Gasteiger partial charge in [-0.25, -0.2) is 8.42 Å². The molecule has 0 spiro atoms. The second-order valence-corrected chi connectivity index (χ2v) is 9.15. The molecule has 150 valence electrons. The topological polar surface area (TPSA) is 118 Å². The lowest BCUT2D eigenvalue weighted by atomic mass is 10.1. The first-order valence-electron chi connectivity index (χ1n) is 8.17. The normalized spacial score (nSPS) is 13.4. The fourth-order valence-corrected chi connectivity index (χ4v) is 4.45. The zero-order chi connectivity index (χ0) is 20.6. The van der Waals surface area contributed by atoms with Crippen molar-refractivity contribution in [2.75, 3.05) is 5.73 Å². The molecule has 2 aromatic heterocycles. The Morgan fingerprint density at radius 2 is 1.86 bits per heavy atom. The zero-order valence-corrected chi connectivity index (χ0v) is 16.6. The van der Waals surface area contributed by atoms with Crippen LogP contribution in [0.4, 0.5) is 14.5 Å². The largest absolute Gasteiger partial charge is 0.397 e. The number of nitrogens with one attached hydrogen (secondary N) is 1. The summed E-state index contributed by atoms with van der Waals surface area (Å²) in [6.07, 6.45) is -1.08. The minimum atomic E-state index is -4.63. The Balaban J connectivity index is 1.76. The van der Waals surface area contributed by atoms with Crippen LogP contribution in [0, 0.1) is 13.8 Å². The van der Waals surface area contributed by atoms with Gasteiger partial charge in [0, 0.05) is 11.9 Å². The molecule has 2 heterocycles. The van der Waals surface area contributed by atoms with E-state index in [2.05, 4.69) is 15.5 Å². The summed E-state index contributed by atoms with van der Waals surface area (Å²) in [5, 5.41) is 22.2. The van der Waals surface area contributed by atoms with Crippen molar-refractivity contribution in [3.63, 3.8) is 0 Å². The Morgan fingerprint density at radius 3 is 2.46 bits per heavy atom. The van der Waals surface area contributed by atoms with Crippen molar-refractivity contribution in [1.29, 1.82) is 0 Å². The molecule has 0 aliphatic heterocycles. The number of alkyl halides is 2. The van der Waals surface area contributed by atoms with Gasteiger partial charge in [-0.2, -0.15) is 13.9 Å². The second-order valence-electron chi connectivity index (χ2n) is 6.20. The highest BCUT2D eigenvalue weighted by Crippen LogP contribution is 2.37. The van der Waals surface area contributed by atoms with Crippen LogP contribution in [0.1, 0.15) is 27.9 Å². The highest BCUT2D eigenvalue weighted by molar-refractivity contribution is 7.91. The molecule has 0 amide bonds. The summed E-state index contributed by atoms with van der Waals surface area (Å²) in [4.78, 5) is 0.665. The van der Waals surface area contributed by atoms with Crippen LogP contribution in [-0.4, -0.2) is 29.5 Å². The van der Waals surface area contributed by atoms with Crippen LogP contribution in [0.3, 0.4) is 0 Å². The molecule has 0 saturated carbocycles. The zero-order valence-electron chi connectivity index (χ0n) is 15.0. The molecule has 0 aliphatic carbocycles. The van der Waals surface area contributed by atoms with Crippen molar-refractivity contribution >= 4 is 37.1 Å². The van der Waals surface area contributed by atoms with E-state index in [-0.39, 0.29) is 6.54 Å². The minimum Gasteiger partial charge on any atom is -0.397 e. The third kappa shape index (κ3) is 3.70. The van der Waals surface area contributed by atoms with E-state index in [9.17, 15) is 22.3 Å². The first-order chi connectivity index (χ1) is 13.1. The standard InChI is InChI=1S/C17H18F2N4O3S2/c1-8-9(2)22-23-16-12(8)13(20)14(27-16)15(24)21-7-10-3-5-11(6-4-10)28(25,26)17(18)19/h3-6,15,17,21,24H,7,20H2,1-2H3. The number of thiophene rings is 1. The fraction of sp³-hybridized carbons (Fsp3) is 0.294. The molecule has 0 bridgehead atoms. The lowest BCUT2D eigenvalue weighted by Crippen LogP contribution is -2.20. The maximum atomic E-state index is 12.6. The number of hydrogen-bond acceptors (Lipinski definition) is 8. The molecule has 0 radical (unpaired) electrons. The van der Waals surface area contributed by atoms with Gasteiger partial charge in [-0.15, -0.1) is 16.4 Å². The van der Waals surface area contributed by atoms with E-state index in [0.29, 0.717) is 21.0 Å². The summed E-state index contributed by atoms with van der Waals surface area (Å²) in [5.41, 5.74) is 8.87. The van der Waals surface area contributed by atoms with Gasteiger partial charge >= 0.3 is 5.76 Å². The molecule has 11 heteroatoms. The maximum Gasteiger partial charge on any atom is 0.341 e. The number of nitrogens with two attached hydrogens (primary N) is 1. The Kier molecular flexibility index (Phi) is 5.62. The van der Waals surface area contributed by atoms with E-state index in [4.69, 9.17) is 5.73 Å². The van der Waals surface area contributed by atoms with Gasteiger partial charge in [0.15, 0.2) is 0 Å². The number of rotatable bonds is 6. The summed E-state index contributed by atoms with van der Waals surface area (Å²) >= 11 is 1.23. The number of halogens is 2. The average Bonchev–Trinajstić information content (AvgIpc) is 3.00. The van der Waals surface area contributed by atoms with E-state index >= 15 is 0 Å². The highest BCUT2D eigenvalue weighted by Gasteiger charge is 2.26. The van der Waals surface area contributed by atoms with Crippen LogP contribution in [0.5, 0.6) is 0 Å². The van der Waals surface area contributed by atoms with E-state index < -0.39 is 26.7 Å². The van der Waals surface area contributed by atoms with Gasteiger partial charge in [0.1, 0.15) is 11.1 Å². The van der Waals surface area contributed by atoms with Gasteiger partial charge in [-0.3, -0.25) is 5.32 Å². The first kappa shape index (κ1) is 20.5. The number of aliphatic hydroxyl groups excluding tert-OH is 1. The molecule has 0 fully saturated rings. The summed E-state index contributed by atoms with van der Waals surface area (Å²) in [5.74, 6) is -3.47. The van der Waals surface area contributed by atoms with E-state index in [1.165, 1.54) is 23.5 Å². The summed E-state index contributed by atoms with van der Waals surface area (Å²) in [6.45, 7) is 3.88. The second kappa shape index (κ2) is 7.66. The summed E-state index contributed by atoms with van der Waals surface area (Å²) in [7, 11) is -4.63. The molecule has 7 nitrogen and oxygen atoms in total. The average molecular weight is 428 g/mol. The van der Waals surface area contributed by atoms with E-state index in [1.54, 1.807) is 0 Å². The number of hydrogen-bond donors (Lipinski definition) is 3. The molecular weight excluding hydrogens is 410 g/mol. The number of aliphatic hydroxyl groups is 1. The van der Waals surface area contributed by atoms with Crippen molar-refractivity contribution in [2.24, 2.45) is 0 Å². The molecule has 1 aromatic carbocycles. The lowest BCUT2D eigenvalue weighted by molar-refractivity contribution is 0.141. The summed E-state index contributed by atoms with van der Waals surface area (Å²) in [6, 6.07) is 5.03. The van der Waals surface area contributed by atoms with Gasteiger partial charge in [-0.05, 0) is 37.1 Å². The third-order valence-electron chi connectivity index (χ3n) is 4.40. The SMILES string of the molecule is Cc1nnc2sc(C(O)NCc3ccc(S(=O)(=O)C(F)F)cc3)c(N)c2c1C. The van der Waals surface area contributed by atoms with Crippen molar-refractivity contribution in [1.82, 2.24) is 15.5 Å². The third-order valence-corrected chi connectivity index (χ3v) is 6.94. The first-order valence-corrected chi connectivity index (χ1v) is 10.5. The molecule has 28 heavy (non-hydrogen) atoms. The Morgan fingerprint density at radius 1 is 1.21 bits per heavy atom. The van der Waals surface area contributed by atoms with Gasteiger partial charge in [-0.1, -0.05) is 12.1 Å². The van der Waals surface area contributed by atoms with Gasteiger partial charge < -0.3 is 10.8 Å². The molecule has 0 saturated heterocycles. The van der Waals surface area contributed by atoms with Crippen LogP contribution in [0.25, 0.3) is 10.2 Å². The van der Waals surface area contributed by atoms with Gasteiger partial charge in [0.05, 0.1) is 21.2 Å². The number of nitrogens with zero attached hydrogens (tertiary/aromatic N) is 2. The molecule has 1 unspecified atom stereocenters. The molecule has 0 aliphatic rings. The lowest BCUT2D eigenvalue weighted by Gasteiger charge is -2.13. The number of anilines is 1. The molecule has 3 aromatic rings. The van der Waals surface area contributed by atoms with Crippen molar-refractivity contribution in [2.45, 2.75) is 37.3 Å². The maximum absolute atomic E-state index is 12.6. The van der Waals surface area contributed by atoms with Gasteiger partial charge in [0.25, 0.3) is 0 Å². The monoisotopic (exact) mass is 428 g/mol. The predicted octanol–water partition coefficient (Wildman–Crippen LogP) is 2.67. The van der Waals surface area contributed by atoms with E-state index in [0.717, 1.165) is 28.8 Å². The van der Waals surface area contributed by atoms with Crippen LogP contribution < -0.4 is 11.1 Å². The van der Waals surface area contributed by atoms with Gasteiger partial charge in [0.2, 0.25) is 9.84 Å². The smallest absolute Gasteiger partial charge is 0.341 e. The van der Waals surface area contributed by atoms with Crippen LogP contribution >= 0.6 is 11.3 Å². The summed E-state index contributed by atoms with van der Waals surface area (Å²) < 4.78 is 48.0. The molecular formula is C17H18F2N4O3S2. The number of benzene rings is 1. The quantitative estimate of drug-likeness (QED) is 0.517. The Hall–Kier alpha value is -2.21.